The van der Waals surface area contributed by atoms with Gasteiger partial charge in [-0.2, -0.15) is 0 Å². The Morgan fingerprint density at radius 2 is 1.64 bits per heavy atom. The van der Waals surface area contributed by atoms with E-state index in [2.05, 4.69) is 41.5 Å². The van der Waals surface area contributed by atoms with E-state index in [4.69, 9.17) is 4.74 Å². The predicted molar refractivity (Wildman–Crippen MR) is 131 cm³/mol. The molecular weight excluding hydrogens is 412 g/mol. The van der Waals surface area contributed by atoms with Crippen molar-refractivity contribution in [1.82, 2.24) is 0 Å². The van der Waals surface area contributed by atoms with Crippen molar-refractivity contribution in [3.05, 3.63) is 0 Å². The Labute approximate surface area is 202 Å². The molecule has 8 unspecified atom stereocenters. The average molecular weight is 463 g/mol. The second-order valence-electron chi connectivity index (χ2n) is 13.2. The summed E-state index contributed by atoms with van der Waals surface area (Å²) >= 11 is 0. The second-order valence-corrected chi connectivity index (χ2v) is 13.2. The summed E-state index contributed by atoms with van der Waals surface area (Å²) in [5.74, 6) is 2.69. The fraction of sp³-hybridized carbons (Fsp3) is 0.966. The van der Waals surface area contributed by atoms with Crippen LogP contribution in [-0.2, 0) is 9.53 Å². The quantitative estimate of drug-likeness (QED) is 0.487. The summed E-state index contributed by atoms with van der Waals surface area (Å²) in [6.07, 6.45) is 8.73. The number of carbonyl (C=O) groups excluding carboxylic acids is 1. The van der Waals surface area contributed by atoms with Crippen LogP contribution in [0.2, 0.25) is 0 Å². The molecule has 0 aromatic heterocycles. The first-order valence-corrected chi connectivity index (χ1v) is 14.1. The van der Waals surface area contributed by atoms with Crippen LogP contribution >= 0.6 is 0 Å². The average Bonchev–Trinajstić information content (AvgIpc) is 3.08. The lowest BCUT2D eigenvalue weighted by Gasteiger charge is -2.55. The lowest BCUT2D eigenvalue weighted by Crippen LogP contribution is -2.51. The third-order valence-electron chi connectivity index (χ3n) is 11.6. The molecule has 4 heteroatoms. The van der Waals surface area contributed by atoms with Gasteiger partial charge in [0.2, 0.25) is 0 Å². The summed E-state index contributed by atoms with van der Waals surface area (Å²) in [4.78, 5) is 13.0. The van der Waals surface area contributed by atoms with Gasteiger partial charge in [-0.05, 0) is 90.8 Å². The van der Waals surface area contributed by atoms with Gasteiger partial charge in [0.1, 0.15) is 0 Å². The van der Waals surface area contributed by atoms with Gasteiger partial charge in [0.05, 0.1) is 24.7 Å². The number of hydrogen-bond donors (Lipinski definition) is 2. The van der Waals surface area contributed by atoms with Gasteiger partial charge in [-0.3, -0.25) is 4.79 Å². The van der Waals surface area contributed by atoms with E-state index < -0.39 is 12.2 Å². The van der Waals surface area contributed by atoms with Crippen molar-refractivity contribution in [2.24, 2.45) is 58.2 Å². The van der Waals surface area contributed by atoms with Crippen molar-refractivity contribution < 1.29 is 19.7 Å². The summed E-state index contributed by atoms with van der Waals surface area (Å²) < 4.78 is 5.99. The van der Waals surface area contributed by atoms with Gasteiger partial charge in [0.15, 0.2) is 0 Å². The molecule has 1 heterocycles. The van der Waals surface area contributed by atoms with Crippen LogP contribution in [0.4, 0.5) is 0 Å². The molecule has 4 aliphatic rings. The van der Waals surface area contributed by atoms with E-state index in [9.17, 15) is 15.0 Å². The molecule has 0 aromatic carbocycles. The zero-order valence-electron chi connectivity index (χ0n) is 22.1. The standard InChI is InChI=1S/C29H50O4/c1-7-19(17(2)3)26(31)25(30)18(4)21-11-12-22-20-16-33-27(32)24-10-8-9-14-28(24,5)23(20)13-15-29(21,22)6/h17-26,30-31H,7-16H2,1-6H3/t18-,19?,20?,21?,22?,23?,24?,25+,26+,28?,29?/m0/s1. The fourth-order valence-corrected chi connectivity index (χ4v) is 9.62. The summed E-state index contributed by atoms with van der Waals surface area (Å²) in [5, 5.41) is 22.4. The van der Waals surface area contributed by atoms with Crippen molar-refractivity contribution in [1.29, 1.82) is 0 Å². The summed E-state index contributed by atoms with van der Waals surface area (Å²) in [7, 11) is 0. The fourth-order valence-electron chi connectivity index (χ4n) is 9.62. The maximum atomic E-state index is 13.0. The maximum absolute atomic E-state index is 13.0. The van der Waals surface area contributed by atoms with Crippen molar-refractivity contribution >= 4 is 5.97 Å². The first kappa shape index (κ1) is 25.5. The monoisotopic (exact) mass is 462 g/mol. The topological polar surface area (TPSA) is 66.8 Å². The first-order chi connectivity index (χ1) is 15.6. The highest BCUT2D eigenvalue weighted by Gasteiger charge is 2.61. The lowest BCUT2D eigenvalue weighted by molar-refractivity contribution is -0.153. The Balaban J connectivity index is 1.56. The zero-order chi connectivity index (χ0) is 24.1. The Kier molecular flexibility index (Phi) is 7.30. The minimum absolute atomic E-state index is 0.0639. The van der Waals surface area contributed by atoms with E-state index in [-0.39, 0.29) is 34.6 Å². The molecule has 2 N–H and O–H groups in total. The second kappa shape index (κ2) is 9.45. The number of carbonyl (C=O) groups is 1. The molecule has 4 nitrogen and oxygen atoms in total. The lowest BCUT2D eigenvalue weighted by atomic mass is 9.49. The third-order valence-corrected chi connectivity index (χ3v) is 11.6. The van der Waals surface area contributed by atoms with Gasteiger partial charge in [-0.1, -0.05) is 60.8 Å². The molecule has 0 amide bonds. The molecule has 3 aliphatic carbocycles. The van der Waals surface area contributed by atoms with Crippen molar-refractivity contribution in [3.8, 4) is 0 Å². The summed E-state index contributed by atoms with van der Waals surface area (Å²) in [5.41, 5.74) is 0.237. The number of ether oxygens (including phenoxy) is 1. The zero-order valence-corrected chi connectivity index (χ0v) is 22.1. The number of aliphatic hydroxyl groups is 2. The Morgan fingerprint density at radius 3 is 2.30 bits per heavy atom. The number of hydrogen-bond acceptors (Lipinski definition) is 4. The molecule has 1 saturated heterocycles. The highest BCUT2D eigenvalue weighted by atomic mass is 16.5. The minimum atomic E-state index is -0.678. The third kappa shape index (κ3) is 4.09. The Morgan fingerprint density at radius 1 is 0.939 bits per heavy atom. The normalized spacial score (nSPS) is 44.6. The largest absolute Gasteiger partial charge is 0.465 e. The molecule has 1 aliphatic heterocycles. The predicted octanol–water partition coefficient (Wildman–Crippen LogP) is 5.84. The molecule has 0 bridgehead atoms. The van der Waals surface area contributed by atoms with Gasteiger partial charge in [-0.25, -0.2) is 0 Å². The van der Waals surface area contributed by atoms with Crippen LogP contribution in [-0.4, -0.2) is 35.0 Å². The van der Waals surface area contributed by atoms with Crippen LogP contribution in [0.5, 0.6) is 0 Å². The van der Waals surface area contributed by atoms with Gasteiger partial charge in [0, 0.05) is 0 Å². The van der Waals surface area contributed by atoms with Crippen LogP contribution in [0.25, 0.3) is 0 Å². The van der Waals surface area contributed by atoms with Gasteiger partial charge in [0.25, 0.3) is 0 Å². The molecule has 190 valence electrons. The minimum Gasteiger partial charge on any atom is -0.465 e. The van der Waals surface area contributed by atoms with Crippen LogP contribution < -0.4 is 0 Å². The summed E-state index contributed by atoms with van der Waals surface area (Å²) in [6.45, 7) is 14.0. The van der Waals surface area contributed by atoms with Gasteiger partial charge < -0.3 is 14.9 Å². The number of cyclic esters (lactones) is 1. The smallest absolute Gasteiger partial charge is 0.309 e. The number of aliphatic hydroxyl groups excluding tert-OH is 2. The SMILES string of the molecule is CCC(C(C)C)[C@@H](O)[C@H](O)[C@@H](C)C1CCC2C3COC(=O)C4CCCCC4(C)C3CCC21C. The Hall–Kier alpha value is -0.610. The molecule has 11 atom stereocenters. The van der Waals surface area contributed by atoms with E-state index in [1.165, 1.54) is 19.3 Å². The van der Waals surface area contributed by atoms with Crippen molar-refractivity contribution in [3.63, 3.8) is 0 Å². The number of rotatable bonds is 6. The van der Waals surface area contributed by atoms with E-state index in [0.29, 0.717) is 36.2 Å². The highest BCUT2D eigenvalue weighted by Crippen LogP contribution is 2.66. The van der Waals surface area contributed by atoms with Crippen molar-refractivity contribution in [2.75, 3.05) is 6.61 Å². The van der Waals surface area contributed by atoms with E-state index in [1.54, 1.807) is 0 Å². The number of fused-ring (bicyclic) bond motifs is 5. The molecule has 0 aromatic rings. The van der Waals surface area contributed by atoms with Crippen molar-refractivity contribution in [2.45, 2.75) is 112 Å². The molecule has 33 heavy (non-hydrogen) atoms. The van der Waals surface area contributed by atoms with Crippen LogP contribution in [0.15, 0.2) is 0 Å². The van der Waals surface area contributed by atoms with Crippen LogP contribution in [0.3, 0.4) is 0 Å². The molecule has 3 saturated carbocycles. The molecule has 0 spiro atoms. The van der Waals surface area contributed by atoms with E-state index in [1.807, 2.05) is 0 Å². The van der Waals surface area contributed by atoms with Crippen LogP contribution in [0.1, 0.15) is 99.3 Å². The van der Waals surface area contributed by atoms with Crippen LogP contribution in [0, 0.1) is 58.2 Å². The molecule has 4 fully saturated rings. The Bertz CT molecular complexity index is 706. The van der Waals surface area contributed by atoms with E-state index in [0.717, 1.165) is 38.5 Å². The molecule has 0 radical (unpaired) electrons. The summed E-state index contributed by atoms with van der Waals surface area (Å²) in [6, 6.07) is 0. The van der Waals surface area contributed by atoms with Gasteiger partial charge in [-0.15, -0.1) is 0 Å². The number of esters is 1. The molecular formula is C29H50O4. The maximum Gasteiger partial charge on any atom is 0.309 e. The first-order valence-electron chi connectivity index (χ1n) is 14.1. The highest BCUT2D eigenvalue weighted by molar-refractivity contribution is 5.74. The molecule has 4 rings (SSSR count). The van der Waals surface area contributed by atoms with E-state index >= 15 is 0 Å². The van der Waals surface area contributed by atoms with Gasteiger partial charge >= 0.3 is 5.97 Å².